The van der Waals surface area contributed by atoms with Crippen LogP contribution in [0, 0.1) is 17.7 Å². The number of aryl methyl sites for hydroxylation is 1. The van der Waals surface area contributed by atoms with Crippen LogP contribution in [0.3, 0.4) is 0 Å². The fraction of sp³-hybridized carbons (Fsp3) is 0.556. The third-order valence-electron chi connectivity index (χ3n) is 4.63. The molecule has 1 aromatic rings. The molecule has 2 rings (SSSR count). The number of carboxylic acid groups (broad SMARTS) is 1. The molecule has 1 aliphatic carbocycles. The van der Waals surface area contributed by atoms with E-state index in [4.69, 9.17) is 5.11 Å². The first-order chi connectivity index (χ1) is 11.0. The zero-order valence-electron chi connectivity index (χ0n) is 13.4. The van der Waals surface area contributed by atoms with Gasteiger partial charge in [-0.3, -0.25) is 9.59 Å². The lowest BCUT2D eigenvalue weighted by Gasteiger charge is -2.27. The van der Waals surface area contributed by atoms with Crippen molar-refractivity contribution in [3.05, 3.63) is 35.6 Å². The summed E-state index contributed by atoms with van der Waals surface area (Å²) in [6.45, 7) is 1.87. The lowest BCUT2D eigenvalue weighted by atomic mass is 9.86. The van der Waals surface area contributed by atoms with E-state index in [1.807, 2.05) is 13.0 Å². The first kappa shape index (κ1) is 17.4. The van der Waals surface area contributed by atoms with Gasteiger partial charge in [0.1, 0.15) is 5.82 Å². The van der Waals surface area contributed by atoms with Crippen molar-refractivity contribution in [3.8, 4) is 0 Å². The largest absolute Gasteiger partial charge is 0.481 e. The first-order valence-corrected chi connectivity index (χ1v) is 8.23. The molecule has 0 saturated heterocycles. The molecule has 5 heteroatoms. The summed E-state index contributed by atoms with van der Waals surface area (Å²) in [7, 11) is 0. The molecule has 1 amide bonds. The highest BCUT2D eigenvalue weighted by molar-refractivity contribution is 5.78. The van der Waals surface area contributed by atoms with Crippen molar-refractivity contribution in [2.45, 2.75) is 51.5 Å². The van der Waals surface area contributed by atoms with Gasteiger partial charge < -0.3 is 10.4 Å². The highest BCUT2D eigenvalue weighted by atomic mass is 19.1. The van der Waals surface area contributed by atoms with Crippen LogP contribution in [0.1, 0.15) is 44.6 Å². The van der Waals surface area contributed by atoms with Crippen LogP contribution < -0.4 is 5.32 Å². The lowest BCUT2D eigenvalue weighted by Crippen LogP contribution is -2.41. The van der Waals surface area contributed by atoms with Gasteiger partial charge in [0, 0.05) is 12.0 Å². The Morgan fingerprint density at radius 1 is 1.30 bits per heavy atom. The van der Waals surface area contributed by atoms with E-state index in [2.05, 4.69) is 5.32 Å². The standard InChI is InChI=1S/C18H24FNO3/c1-12(5-6-13-3-2-4-15(19)11-13)17(21)20-16-9-7-14(8-10-16)18(22)23/h2-4,11-12,14,16H,5-10H2,1H3,(H,20,21)(H,22,23). The number of carbonyl (C=O) groups is 2. The second-order valence-corrected chi connectivity index (χ2v) is 6.47. The van der Waals surface area contributed by atoms with Crippen LogP contribution in [0.5, 0.6) is 0 Å². The summed E-state index contributed by atoms with van der Waals surface area (Å²) in [5.41, 5.74) is 0.895. The Hall–Kier alpha value is -1.91. The molecule has 0 radical (unpaired) electrons. The molecule has 23 heavy (non-hydrogen) atoms. The van der Waals surface area contributed by atoms with E-state index in [1.165, 1.54) is 12.1 Å². The van der Waals surface area contributed by atoms with Gasteiger partial charge in [-0.25, -0.2) is 4.39 Å². The number of benzene rings is 1. The van der Waals surface area contributed by atoms with Gasteiger partial charge in [0.2, 0.25) is 5.91 Å². The summed E-state index contributed by atoms with van der Waals surface area (Å²) in [5, 5.41) is 12.0. The molecule has 4 nitrogen and oxygen atoms in total. The summed E-state index contributed by atoms with van der Waals surface area (Å²) in [6.07, 6.45) is 4.02. The Bertz CT molecular complexity index is 553. The molecule has 1 atom stereocenters. The number of hydrogen-bond acceptors (Lipinski definition) is 2. The number of amides is 1. The SMILES string of the molecule is CC(CCc1cccc(F)c1)C(=O)NC1CCC(C(=O)O)CC1. The van der Waals surface area contributed by atoms with Crippen LogP contribution in [0.25, 0.3) is 0 Å². The Morgan fingerprint density at radius 3 is 2.61 bits per heavy atom. The van der Waals surface area contributed by atoms with Gasteiger partial charge in [-0.2, -0.15) is 0 Å². The van der Waals surface area contributed by atoms with Gasteiger partial charge >= 0.3 is 5.97 Å². The Balaban J connectivity index is 1.74. The van der Waals surface area contributed by atoms with Crippen molar-refractivity contribution in [2.75, 3.05) is 0 Å². The van der Waals surface area contributed by atoms with Crippen LogP contribution >= 0.6 is 0 Å². The summed E-state index contributed by atoms with van der Waals surface area (Å²) in [6, 6.07) is 6.52. The second kappa shape index (κ2) is 8.09. The third kappa shape index (κ3) is 5.34. The minimum atomic E-state index is -0.738. The van der Waals surface area contributed by atoms with Crippen molar-refractivity contribution >= 4 is 11.9 Å². The van der Waals surface area contributed by atoms with Crippen LogP contribution in [0.2, 0.25) is 0 Å². The molecule has 1 aliphatic rings. The number of carbonyl (C=O) groups excluding carboxylic acids is 1. The van der Waals surface area contributed by atoms with Crippen LogP contribution in [0.15, 0.2) is 24.3 Å². The monoisotopic (exact) mass is 321 g/mol. The second-order valence-electron chi connectivity index (χ2n) is 6.47. The van der Waals surface area contributed by atoms with Gasteiger partial charge in [-0.15, -0.1) is 0 Å². The highest BCUT2D eigenvalue weighted by Gasteiger charge is 2.27. The molecule has 0 heterocycles. The van der Waals surface area contributed by atoms with E-state index in [0.29, 0.717) is 25.7 Å². The third-order valence-corrected chi connectivity index (χ3v) is 4.63. The molecule has 126 valence electrons. The normalized spacial score (nSPS) is 22.3. The van der Waals surface area contributed by atoms with E-state index in [1.54, 1.807) is 6.07 Å². The average Bonchev–Trinajstić information content (AvgIpc) is 2.53. The summed E-state index contributed by atoms with van der Waals surface area (Å²) in [4.78, 5) is 23.1. The van der Waals surface area contributed by atoms with Gasteiger partial charge in [0.05, 0.1) is 5.92 Å². The minimum Gasteiger partial charge on any atom is -0.481 e. The van der Waals surface area contributed by atoms with E-state index in [0.717, 1.165) is 18.4 Å². The molecular weight excluding hydrogens is 297 g/mol. The van der Waals surface area contributed by atoms with E-state index in [9.17, 15) is 14.0 Å². The summed E-state index contributed by atoms with van der Waals surface area (Å²) < 4.78 is 13.1. The zero-order valence-corrected chi connectivity index (χ0v) is 13.4. The van der Waals surface area contributed by atoms with E-state index in [-0.39, 0.29) is 29.6 Å². The number of hydrogen-bond donors (Lipinski definition) is 2. The van der Waals surface area contributed by atoms with Crippen molar-refractivity contribution in [3.63, 3.8) is 0 Å². The Kier molecular flexibility index (Phi) is 6.13. The molecule has 1 aromatic carbocycles. The van der Waals surface area contributed by atoms with Gasteiger partial charge in [-0.05, 0) is 56.2 Å². The minimum absolute atomic E-state index is 0.000165. The molecule has 1 unspecified atom stereocenters. The average molecular weight is 321 g/mol. The van der Waals surface area contributed by atoms with Crippen LogP contribution in [0.4, 0.5) is 4.39 Å². The molecule has 2 N–H and O–H groups in total. The predicted molar refractivity (Wildman–Crippen MR) is 85.4 cm³/mol. The van der Waals surface area contributed by atoms with E-state index >= 15 is 0 Å². The highest BCUT2D eigenvalue weighted by Crippen LogP contribution is 2.24. The topological polar surface area (TPSA) is 66.4 Å². The Morgan fingerprint density at radius 2 is 2.00 bits per heavy atom. The maximum Gasteiger partial charge on any atom is 0.306 e. The number of rotatable bonds is 6. The molecule has 0 aromatic heterocycles. The fourth-order valence-electron chi connectivity index (χ4n) is 3.03. The number of aliphatic carboxylic acids is 1. The van der Waals surface area contributed by atoms with Crippen LogP contribution in [-0.2, 0) is 16.0 Å². The zero-order chi connectivity index (χ0) is 16.8. The molecule has 0 aliphatic heterocycles. The lowest BCUT2D eigenvalue weighted by molar-refractivity contribution is -0.142. The van der Waals surface area contributed by atoms with Crippen molar-refractivity contribution < 1.29 is 19.1 Å². The van der Waals surface area contributed by atoms with Crippen molar-refractivity contribution in [2.24, 2.45) is 11.8 Å². The maximum absolute atomic E-state index is 13.1. The van der Waals surface area contributed by atoms with Gasteiger partial charge in [0.15, 0.2) is 0 Å². The first-order valence-electron chi connectivity index (χ1n) is 8.23. The number of nitrogens with one attached hydrogen (secondary N) is 1. The molecular formula is C18H24FNO3. The molecule has 1 saturated carbocycles. The summed E-state index contributed by atoms with van der Waals surface area (Å²) in [5.74, 6) is -1.41. The summed E-state index contributed by atoms with van der Waals surface area (Å²) >= 11 is 0. The van der Waals surface area contributed by atoms with Gasteiger partial charge in [0.25, 0.3) is 0 Å². The Labute approximate surface area is 136 Å². The van der Waals surface area contributed by atoms with E-state index < -0.39 is 5.97 Å². The van der Waals surface area contributed by atoms with Crippen LogP contribution in [-0.4, -0.2) is 23.0 Å². The quantitative estimate of drug-likeness (QED) is 0.846. The van der Waals surface area contributed by atoms with Crippen molar-refractivity contribution in [1.82, 2.24) is 5.32 Å². The fourth-order valence-corrected chi connectivity index (χ4v) is 3.03. The van der Waals surface area contributed by atoms with Crippen molar-refractivity contribution in [1.29, 1.82) is 0 Å². The maximum atomic E-state index is 13.1. The predicted octanol–water partition coefficient (Wildman–Crippen LogP) is 3.15. The molecule has 0 spiro atoms. The van der Waals surface area contributed by atoms with Gasteiger partial charge in [-0.1, -0.05) is 19.1 Å². The molecule has 0 bridgehead atoms. The number of halogens is 1. The smallest absolute Gasteiger partial charge is 0.306 e. The molecule has 1 fully saturated rings. The number of carboxylic acids is 1.